The molecule has 3 heteroatoms. The molecule has 0 N–H and O–H groups in total. The Balaban J connectivity index is 2.60. The van der Waals surface area contributed by atoms with Crippen LogP contribution in [-0.2, 0) is 6.42 Å². The second-order valence-corrected chi connectivity index (χ2v) is 4.04. The standard InChI is InChI=1S/C10H8ClNS/c1-2-7-5-8(11)10-9(6-7)12-3-4-13-10/h4-6H,2H2,1H3. The summed E-state index contributed by atoms with van der Waals surface area (Å²) < 4.78 is 0. The molecule has 1 nitrogen and oxygen atoms in total. The molecule has 0 fully saturated rings. The zero-order chi connectivity index (χ0) is 9.26. The van der Waals surface area contributed by atoms with Gasteiger partial charge in [0.2, 0.25) is 0 Å². The Morgan fingerprint density at radius 1 is 1.54 bits per heavy atom. The number of benzene rings is 1. The van der Waals surface area contributed by atoms with Gasteiger partial charge in [0.1, 0.15) is 0 Å². The molecule has 0 atom stereocenters. The summed E-state index contributed by atoms with van der Waals surface area (Å²) in [5.74, 6) is 2.82. The molecule has 1 aromatic carbocycles. The SMILES string of the molecule is CCc1cc(Cl)c2c(c1)N=C=CS2. The van der Waals surface area contributed by atoms with Gasteiger partial charge in [0.15, 0.2) is 0 Å². The number of nitrogens with zero attached hydrogens (tertiary/aromatic N) is 1. The fourth-order valence-corrected chi connectivity index (χ4v) is 2.21. The Labute approximate surface area is 86.5 Å². The molecule has 0 aromatic heterocycles. The van der Waals surface area contributed by atoms with Crippen LogP contribution in [0.5, 0.6) is 0 Å². The molecule has 66 valence electrons. The van der Waals surface area contributed by atoms with Gasteiger partial charge in [0.05, 0.1) is 15.6 Å². The van der Waals surface area contributed by atoms with E-state index < -0.39 is 0 Å². The number of fused-ring (bicyclic) bond motifs is 1. The largest absolute Gasteiger partial charge is 0.204 e. The number of aliphatic imine (C=N–C) groups is 1. The van der Waals surface area contributed by atoms with Gasteiger partial charge in [-0.1, -0.05) is 30.3 Å². The van der Waals surface area contributed by atoms with Gasteiger partial charge < -0.3 is 0 Å². The highest BCUT2D eigenvalue weighted by molar-refractivity contribution is 8.02. The molecular weight excluding hydrogens is 202 g/mol. The van der Waals surface area contributed by atoms with Gasteiger partial charge in [-0.2, -0.15) is 0 Å². The summed E-state index contributed by atoms with van der Waals surface area (Å²) in [5.41, 5.74) is 2.16. The van der Waals surface area contributed by atoms with Gasteiger partial charge in [-0.3, -0.25) is 0 Å². The van der Waals surface area contributed by atoms with Gasteiger partial charge in [-0.05, 0) is 30.0 Å². The van der Waals surface area contributed by atoms with Crippen molar-refractivity contribution in [2.45, 2.75) is 18.2 Å². The van der Waals surface area contributed by atoms with Crippen molar-refractivity contribution in [3.63, 3.8) is 0 Å². The summed E-state index contributed by atoms with van der Waals surface area (Å²) >= 11 is 7.67. The zero-order valence-corrected chi connectivity index (χ0v) is 8.75. The van der Waals surface area contributed by atoms with E-state index in [4.69, 9.17) is 11.6 Å². The van der Waals surface area contributed by atoms with Crippen molar-refractivity contribution >= 4 is 34.9 Å². The minimum atomic E-state index is 0.792. The topological polar surface area (TPSA) is 12.4 Å². The van der Waals surface area contributed by atoms with Crippen molar-refractivity contribution in [1.29, 1.82) is 0 Å². The fourth-order valence-electron chi connectivity index (χ4n) is 1.22. The van der Waals surface area contributed by atoms with Crippen LogP contribution < -0.4 is 0 Å². The number of hydrogen-bond acceptors (Lipinski definition) is 2. The first kappa shape index (κ1) is 8.89. The highest BCUT2D eigenvalue weighted by atomic mass is 35.5. The molecule has 0 unspecified atom stereocenters. The highest BCUT2D eigenvalue weighted by Crippen LogP contribution is 2.39. The molecule has 1 aliphatic heterocycles. The molecule has 0 radical (unpaired) electrons. The second-order valence-electron chi connectivity index (χ2n) is 2.76. The summed E-state index contributed by atoms with van der Waals surface area (Å²) in [6.07, 6.45) is 0.983. The minimum Gasteiger partial charge on any atom is -0.204 e. The van der Waals surface area contributed by atoms with Crippen molar-refractivity contribution in [2.75, 3.05) is 0 Å². The lowest BCUT2D eigenvalue weighted by molar-refractivity contribution is 1.13. The monoisotopic (exact) mass is 209 g/mol. The summed E-state index contributed by atoms with van der Waals surface area (Å²) in [7, 11) is 0. The van der Waals surface area contributed by atoms with Gasteiger partial charge in [-0.25, -0.2) is 4.99 Å². The first-order valence-electron chi connectivity index (χ1n) is 4.08. The third kappa shape index (κ3) is 1.66. The molecule has 0 spiro atoms. The van der Waals surface area contributed by atoms with Gasteiger partial charge in [-0.15, -0.1) is 0 Å². The van der Waals surface area contributed by atoms with E-state index in [1.54, 1.807) is 11.8 Å². The van der Waals surface area contributed by atoms with Crippen LogP contribution in [0.3, 0.4) is 0 Å². The number of hydrogen-bond donors (Lipinski definition) is 0. The lowest BCUT2D eigenvalue weighted by Crippen LogP contribution is -1.84. The predicted molar refractivity (Wildman–Crippen MR) is 58.4 cm³/mol. The van der Waals surface area contributed by atoms with Crippen LogP contribution >= 0.6 is 23.4 Å². The predicted octanol–water partition coefficient (Wildman–Crippen LogP) is 3.82. The van der Waals surface area contributed by atoms with Gasteiger partial charge in [0.25, 0.3) is 0 Å². The zero-order valence-electron chi connectivity index (χ0n) is 7.17. The quantitative estimate of drug-likeness (QED) is 0.685. The van der Waals surface area contributed by atoms with Crippen molar-refractivity contribution in [3.05, 3.63) is 28.1 Å². The van der Waals surface area contributed by atoms with Crippen LogP contribution in [-0.4, -0.2) is 5.87 Å². The van der Waals surface area contributed by atoms with Crippen LogP contribution in [0.25, 0.3) is 0 Å². The van der Waals surface area contributed by atoms with E-state index in [1.807, 2.05) is 11.5 Å². The van der Waals surface area contributed by atoms with Crippen molar-refractivity contribution in [1.82, 2.24) is 0 Å². The van der Waals surface area contributed by atoms with Crippen LogP contribution in [0, 0.1) is 0 Å². The lowest BCUT2D eigenvalue weighted by Gasteiger charge is -2.08. The Kier molecular flexibility index (Phi) is 2.45. The second kappa shape index (κ2) is 3.59. The Morgan fingerprint density at radius 3 is 3.15 bits per heavy atom. The molecule has 0 bridgehead atoms. The maximum atomic E-state index is 6.10. The maximum Gasteiger partial charge on any atom is 0.0887 e. The average Bonchev–Trinajstić information content (AvgIpc) is 2.18. The normalized spacial score (nSPS) is 13.1. The van der Waals surface area contributed by atoms with Crippen LogP contribution in [0.4, 0.5) is 5.69 Å². The van der Waals surface area contributed by atoms with E-state index in [2.05, 4.69) is 23.9 Å². The minimum absolute atomic E-state index is 0.792. The highest BCUT2D eigenvalue weighted by Gasteiger charge is 2.09. The molecule has 1 heterocycles. The van der Waals surface area contributed by atoms with Crippen LogP contribution in [0.1, 0.15) is 12.5 Å². The number of halogens is 1. The Morgan fingerprint density at radius 2 is 2.38 bits per heavy atom. The number of aryl methyl sites for hydroxylation is 1. The Bertz CT molecular complexity index is 406. The lowest BCUT2D eigenvalue weighted by atomic mass is 10.1. The maximum absolute atomic E-state index is 6.10. The van der Waals surface area contributed by atoms with E-state index in [0.29, 0.717) is 0 Å². The summed E-state index contributed by atoms with van der Waals surface area (Å²) in [6, 6.07) is 4.07. The molecule has 13 heavy (non-hydrogen) atoms. The number of rotatable bonds is 1. The van der Waals surface area contributed by atoms with Gasteiger partial charge in [0, 0.05) is 5.41 Å². The molecular formula is C10H8ClNS. The molecule has 0 amide bonds. The molecule has 0 saturated carbocycles. The fraction of sp³-hybridized carbons (Fsp3) is 0.200. The molecule has 1 aliphatic rings. The first-order chi connectivity index (χ1) is 6.31. The first-order valence-corrected chi connectivity index (χ1v) is 5.34. The van der Waals surface area contributed by atoms with Gasteiger partial charge >= 0.3 is 0 Å². The average molecular weight is 210 g/mol. The Hall–Kier alpha value is -0.690. The van der Waals surface area contributed by atoms with Crippen molar-refractivity contribution in [2.24, 2.45) is 4.99 Å². The van der Waals surface area contributed by atoms with E-state index in [0.717, 1.165) is 22.0 Å². The smallest absolute Gasteiger partial charge is 0.0887 e. The van der Waals surface area contributed by atoms with Crippen LogP contribution in [0.15, 0.2) is 27.4 Å². The summed E-state index contributed by atoms with van der Waals surface area (Å²) in [5, 5.41) is 2.61. The molecule has 0 aliphatic carbocycles. The van der Waals surface area contributed by atoms with E-state index in [9.17, 15) is 0 Å². The molecule has 0 saturated heterocycles. The van der Waals surface area contributed by atoms with Crippen molar-refractivity contribution in [3.8, 4) is 0 Å². The third-order valence-electron chi connectivity index (χ3n) is 1.91. The van der Waals surface area contributed by atoms with E-state index in [-0.39, 0.29) is 0 Å². The van der Waals surface area contributed by atoms with E-state index >= 15 is 0 Å². The number of thioether (sulfide) groups is 1. The van der Waals surface area contributed by atoms with Crippen molar-refractivity contribution < 1.29 is 0 Å². The third-order valence-corrected chi connectivity index (χ3v) is 3.20. The van der Waals surface area contributed by atoms with Crippen LogP contribution in [0.2, 0.25) is 5.02 Å². The summed E-state index contributed by atoms with van der Waals surface area (Å²) in [6.45, 7) is 2.10. The molecule has 1 aromatic rings. The molecule has 2 rings (SSSR count). The van der Waals surface area contributed by atoms with E-state index in [1.165, 1.54) is 5.56 Å². The summed E-state index contributed by atoms with van der Waals surface area (Å²) in [4.78, 5) is 5.19.